The average molecular weight is 294 g/mol. The molecule has 2 aromatic rings. The second kappa shape index (κ2) is 6.43. The van der Waals surface area contributed by atoms with Crippen molar-refractivity contribution in [1.29, 1.82) is 0 Å². The molecule has 0 aliphatic rings. The molecule has 110 valence electrons. The van der Waals surface area contributed by atoms with Crippen molar-refractivity contribution < 1.29 is 22.7 Å². The standard InChI is InChI=1S/C16H13F3O2/c17-16(18,19)10-15(20)13-6-8-14(9-7-13)21-11-12-4-2-1-3-5-12/h1-9H,10-11H2. The Morgan fingerprint density at radius 2 is 1.57 bits per heavy atom. The highest BCUT2D eigenvalue weighted by molar-refractivity contribution is 5.96. The maximum absolute atomic E-state index is 12.1. The van der Waals surface area contributed by atoms with Crippen LogP contribution in [0, 0.1) is 0 Å². The predicted octanol–water partition coefficient (Wildman–Crippen LogP) is 4.40. The minimum atomic E-state index is -4.49. The van der Waals surface area contributed by atoms with E-state index < -0.39 is 18.4 Å². The highest BCUT2D eigenvalue weighted by Gasteiger charge is 2.31. The fourth-order valence-corrected chi connectivity index (χ4v) is 1.76. The lowest BCUT2D eigenvalue weighted by Crippen LogP contribution is -2.14. The molecule has 0 bridgehead atoms. The van der Waals surface area contributed by atoms with Crippen molar-refractivity contribution in [3.8, 4) is 5.75 Å². The summed E-state index contributed by atoms with van der Waals surface area (Å²) in [6.45, 7) is 0.358. The van der Waals surface area contributed by atoms with Gasteiger partial charge in [0.05, 0.1) is 0 Å². The van der Waals surface area contributed by atoms with Crippen LogP contribution in [0.3, 0.4) is 0 Å². The zero-order chi connectivity index (χ0) is 15.3. The highest BCUT2D eigenvalue weighted by atomic mass is 19.4. The van der Waals surface area contributed by atoms with Crippen molar-refractivity contribution in [3.63, 3.8) is 0 Å². The second-order valence-electron chi connectivity index (χ2n) is 4.51. The van der Waals surface area contributed by atoms with E-state index in [4.69, 9.17) is 4.74 Å². The van der Waals surface area contributed by atoms with Gasteiger partial charge < -0.3 is 4.74 Å². The summed E-state index contributed by atoms with van der Waals surface area (Å²) in [4.78, 5) is 11.4. The van der Waals surface area contributed by atoms with E-state index in [0.717, 1.165) is 5.56 Å². The van der Waals surface area contributed by atoms with E-state index in [1.54, 1.807) is 0 Å². The Balaban J connectivity index is 1.94. The number of hydrogen-bond donors (Lipinski definition) is 0. The van der Waals surface area contributed by atoms with Crippen LogP contribution in [0.1, 0.15) is 22.3 Å². The third kappa shape index (κ3) is 4.95. The summed E-state index contributed by atoms with van der Waals surface area (Å²) in [5, 5.41) is 0. The maximum Gasteiger partial charge on any atom is 0.396 e. The molecule has 0 amide bonds. The smallest absolute Gasteiger partial charge is 0.396 e. The fraction of sp³-hybridized carbons (Fsp3) is 0.188. The van der Waals surface area contributed by atoms with Gasteiger partial charge in [-0.3, -0.25) is 4.79 Å². The molecule has 0 atom stereocenters. The van der Waals surface area contributed by atoms with E-state index in [2.05, 4.69) is 0 Å². The van der Waals surface area contributed by atoms with Crippen LogP contribution in [0.2, 0.25) is 0 Å². The normalized spacial score (nSPS) is 11.2. The molecule has 0 unspecified atom stereocenters. The zero-order valence-electron chi connectivity index (χ0n) is 11.1. The molecule has 0 radical (unpaired) electrons. The number of rotatable bonds is 5. The third-order valence-corrected chi connectivity index (χ3v) is 2.79. The third-order valence-electron chi connectivity index (χ3n) is 2.79. The van der Waals surface area contributed by atoms with Crippen molar-refractivity contribution in [2.75, 3.05) is 0 Å². The molecule has 0 saturated heterocycles. The lowest BCUT2D eigenvalue weighted by molar-refractivity contribution is -0.125. The van der Waals surface area contributed by atoms with Crippen molar-refractivity contribution in [2.24, 2.45) is 0 Å². The summed E-state index contributed by atoms with van der Waals surface area (Å²) >= 11 is 0. The SMILES string of the molecule is O=C(CC(F)(F)F)c1ccc(OCc2ccccc2)cc1. The number of benzene rings is 2. The van der Waals surface area contributed by atoms with Gasteiger partial charge in [-0.05, 0) is 29.8 Å². The van der Waals surface area contributed by atoms with Crippen molar-refractivity contribution in [1.82, 2.24) is 0 Å². The first-order valence-corrected chi connectivity index (χ1v) is 6.31. The van der Waals surface area contributed by atoms with E-state index in [9.17, 15) is 18.0 Å². The number of hydrogen-bond acceptors (Lipinski definition) is 2. The quantitative estimate of drug-likeness (QED) is 0.764. The lowest BCUT2D eigenvalue weighted by Gasteiger charge is -2.08. The summed E-state index contributed by atoms with van der Waals surface area (Å²) in [5.41, 5.74) is 1.01. The summed E-state index contributed by atoms with van der Waals surface area (Å²) < 4.78 is 41.9. The van der Waals surface area contributed by atoms with Gasteiger partial charge in [-0.1, -0.05) is 30.3 Å². The molecule has 0 saturated carbocycles. The largest absolute Gasteiger partial charge is 0.489 e. The van der Waals surface area contributed by atoms with Gasteiger partial charge in [-0.15, -0.1) is 0 Å². The van der Waals surface area contributed by atoms with Crippen molar-refractivity contribution in [2.45, 2.75) is 19.2 Å². The molecule has 0 aliphatic carbocycles. The van der Waals surface area contributed by atoms with Crippen molar-refractivity contribution >= 4 is 5.78 Å². The summed E-state index contributed by atoms with van der Waals surface area (Å²) in [6, 6.07) is 15.1. The number of carbonyl (C=O) groups is 1. The van der Waals surface area contributed by atoms with E-state index in [0.29, 0.717) is 12.4 Å². The molecule has 0 aromatic heterocycles. The van der Waals surface area contributed by atoms with E-state index in [-0.39, 0.29) is 5.56 Å². The minimum Gasteiger partial charge on any atom is -0.489 e. The van der Waals surface area contributed by atoms with Crippen LogP contribution >= 0.6 is 0 Å². The molecule has 0 fully saturated rings. The Labute approximate surface area is 120 Å². The molecule has 2 aromatic carbocycles. The van der Waals surface area contributed by atoms with Crippen LogP contribution in [0.5, 0.6) is 5.75 Å². The number of ether oxygens (including phenoxy) is 1. The van der Waals surface area contributed by atoms with E-state index in [1.165, 1.54) is 24.3 Å². The number of Topliss-reactive ketones (excluding diaryl/α,β-unsaturated/α-hetero) is 1. The Morgan fingerprint density at radius 3 is 2.14 bits per heavy atom. The monoisotopic (exact) mass is 294 g/mol. The average Bonchev–Trinajstić information content (AvgIpc) is 2.45. The van der Waals surface area contributed by atoms with Gasteiger partial charge in [0.1, 0.15) is 18.8 Å². The summed E-state index contributed by atoms with van der Waals surface area (Å²) in [6.07, 6.45) is -5.93. The molecule has 0 aliphatic heterocycles. The molecular weight excluding hydrogens is 281 g/mol. The van der Waals surface area contributed by atoms with E-state index in [1.807, 2.05) is 30.3 Å². The number of alkyl halides is 3. The van der Waals surface area contributed by atoms with Crippen LogP contribution in [-0.4, -0.2) is 12.0 Å². The second-order valence-corrected chi connectivity index (χ2v) is 4.51. The molecule has 21 heavy (non-hydrogen) atoms. The molecule has 0 spiro atoms. The van der Waals surface area contributed by atoms with Crippen LogP contribution in [0.25, 0.3) is 0 Å². The Hall–Kier alpha value is -2.30. The van der Waals surface area contributed by atoms with Gasteiger partial charge in [-0.2, -0.15) is 13.2 Å². The number of ketones is 1. The van der Waals surface area contributed by atoms with Crippen LogP contribution in [-0.2, 0) is 6.61 Å². The molecule has 5 heteroatoms. The Kier molecular flexibility index (Phi) is 4.62. The van der Waals surface area contributed by atoms with Crippen molar-refractivity contribution in [3.05, 3.63) is 65.7 Å². The van der Waals surface area contributed by atoms with Gasteiger partial charge in [0, 0.05) is 5.56 Å². The first-order valence-electron chi connectivity index (χ1n) is 6.31. The number of halogens is 3. The van der Waals surface area contributed by atoms with Gasteiger partial charge >= 0.3 is 6.18 Å². The zero-order valence-corrected chi connectivity index (χ0v) is 11.1. The minimum absolute atomic E-state index is 0.0272. The summed E-state index contributed by atoms with van der Waals surface area (Å²) in [5.74, 6) is -0.445. The summed E-state index contributed by atoms with van der Waals surface area (Å²) in [7, 11) is 0. The van der Waals surface area contributed by atoms with Gasteiger partial charge in [-0.25, -0.2) is 0 Å². The maximum atomic E-state index is 12.1. The molecule has 2 nitrogen and oxygen atoms in total. The Morgan fingerprint density at radius 1 is 0.952 bits per heavy atom. The van der Waals surface area contributed by atoms with Gasteiger partial charge in [0.25, 0.3) is 0 Å². The van der Waals surface area contributed by atoms with Gasteiger partial charge in [0.2, 0.25) is 0 Å². The molecular formula is C16H13F3O2. The van der Waals surface area contributed by atoms with Crippen LogP contribution < -0.4 is 4.74 Å². The topological polar surface area (TPSA) is 26.3 Å². The molecule has 0 heterocycles. The fourth-order valence-electron chi connectivity index (χ4n) is 1.76. The number of carbonyl (C=O) groups excluding carboxylic acids is 1. The van der Waals surface area contributed by atoms with Gasteiger partial charge in [0.15, 0.2) is 5.78 Å². The first kappa shape index (κ1) is 15.1. The van der Waals surface area contributed by atoms with E-state index >= 15 is 0 Å². The molecule has 2 rings (SSSR count). The van der Waals surface area contributed by atoms with Crippen LogP contribution in [0.4, 0.5) is 13.2 Å². The molecule has 0 N–H and O–H groups in total. The highest BCUT2D eigenvalue weighted by Crippen LogP contribution is 2.23. The predicted molar refractivity (Wildman–Crippen MR) is 72.2 cm³/mol. The van der Waals surface area contributed by atoms with Crippen LogP contribution in [0.15, 0.2) is 54.6 Å². The Bertz CT molecular complexity index is 589. The first-order chi connectivity index (χ1) is 9.94. The lowest BCUT2D eigenvalue weighted by atomic mass is 10.1.